The predicted molar refractivity (Wildman–Crippen MR) is 137 cm³/mol. The maximum atomic E-state index is 6.22. The highest BCUT2D eigenvalue weighted by Gasteiger charge is 2.51. The van der Waals surface area contributed by atoms with E-state index < -0.39 is 7.12 Å². The second-order valence-electron chi connectivity index (χ2n) is 10.4. The van der Waals surface area contributed by atoms with Crippen molar-refractivity contribution in [2.45, 2.75) is 58.3 Å². The topological polar surface area (TPSA) is 116 Å². The van der Waals surface area contributed by atoms with Crippen molar-refractivity contribution in [3.8, 4) is 12.0 Å². The average Bonchev–Trinajstić information content (AvgIpc) is 3.31. The van der Waals surface area contributed by atoms with Gasteiger partial charge in [0, 0.05) is 13.2 Å². The summed E-state index contributed by atoms with van der Waals surface area (Å²) in [7, 11) is 1.17. The summed E-state index contributed by atoms with van der Waals surface area (Å²) in [5.74, 6) is 0.677. The van der Waals surface area contributed by atoms with Crippen LogP contribution in [0, 0.1) is 5.92 Å². The van der Waals surface area contributed by atoms with E-state index in [1.54, 1.807) is 7.11 Å². The molecule has 2 N–H and O–H groups in total. The van der Waals surface area contributed by atoms with Crippen molar-refractivity contribution in [2.75, 3.05) is 32.7 Å². The van der Waals surface area contributed by atoms with E-state index in [0.29, 0.717) is 36.2 Å². The van der Waals surface area contributed by atoms with Crippen LogP contribution in [0.4, 0.5) is 5.82 Å². The summed E-state index contributed by atoms with van der Waals surface area (Å²) in [6, 6.07) is 8.77. The van der Waals surface area contributed by atoms with Gasteiger partial charge in [-0.25, -0.2) is 0 Å². The quantitative estimate of drug-likeness (QED) is 0.494. The third-order valence-corrected chi connectivity index (χ3v) is 7.38. The van der Waals surface area contributed by atoms with Gasteiger partial charge in [0.15, 0.2) is 17.0 Å². The molecule has 0 amide bonds. The molecule has 0 saturated carbocycles. The van der Waals surface area contributed by atoms with Crippen LogP contribution in [0.1, 0.15) is 46.1 Å². The van der Waals surface area contributed by atoms with E-state index in [2.05, 4.69) is 15.0 Å². The minimum atomic E-state index is -0.407. The first kappa shape index (κ1) is 24.8. The lowest BCUT2D eigenvalue weighted by atomic mass is 9.79. The zero-order valence-corrected chi connectivity index (χ0v) is 21.6. The van der Waals surface area contributed by atoms with Gasteiger partial charge < -0.3 is 29.3 Å². The van der Waals surface area contributed by atoms with Crippen molar-refractivity contribution in [1.29, 1.82) is 0 Å². The lowest BCUT2D eigenvalue weighted by Crippen LogP contribution is -2.41. The second kappa shape index (κ2) is 9.53. The minimum absolute atomic E-state index is 0.242. The van der Waals surface area contributed by atoms with Crippen LogP contribution in [0.15, 0.2) is 24.3 Å². The number of nitrogens with two attached hydrogens (primary N) is 1. The molecular weight excluding hydrogens is 461 g/mol. The molecule has 1 aromatic carbocycles. The van der Waals surface area contributed by atoms with E-state index in [4.69, 9.17) is 29.3 Å². The van der Waals surface area contributed by atoms with Gasteiger partial charge in [0.1, 0.15) is 0 Å². The summed E-state index contributed by atoms with van der Waals surface area (Å²) in [6.07, 6.45) is 1.93. The number of nitrogens with zero attached hydrogens (tertiary/aromatic N) is 4. The number of nitrogen functional groups attached to an aromatic ring is 1. The molecule has 2 aromatic heterocycles. The summed E-state index contributed by atoms with van der Waals surface area (Å²) < 4.78 is 31.1. The monoisotopic (exact) mass is 495 g/mol. The largest absolute Gasteiger partial charge is 0.494 e. The van der Waals surface area contributed by atoms with Crippen LogP contribution in [-0.4, -0.2) is 64.8 Å². The molecule has 0 unspecified atom stereocenters. The number of rotatable bonds is 7. The number of anilines is 1. The molecule has 5 rings (SSSR count). The van der Waals surface area contributed by atoms with Crippen molar-refractivity contribution >= 4 is 29.6 Å². The summed E-state index contributed by atoms with van der Waals surface area (Å²) in [5.41, 5.74) is 8.50. The van der Waals surface area contributed by atoms with Gasteiger partial charge in [-0.1, -0.05) is 24.3 Å². The van der Waals surface area contributed by atoms with Crippen LogP contribution in [0.25, 0.3) is 11.2 Å². The molecule has 2 saturated heterocycles. The fourth-order valence-electron chi connectivity index (χ4n) is 4.39. The molecule has 0 bridgehead atoms. The van der Waals surface area contributed by atoms with Crippen molar-refractivity contribution < 1.29 is 23.5 Å². The Hall–Kier alpha value is -2.89. The van der Waals surface area contributed by atoms with Gasteiger partial charge >= 0.3 is 13.1 Å². The van der Waals surface area contributed by atoms with Gasteiger partial charge in [0.2, 0.25) is 0 Å². The third-order valence-electron chi connectivity index (χ3n) is 7.38. The Labute approximate surface area is 211 Å². The molecule has 0 aliphatic carbocycles. The van der Waals surface area contributed by atoms with Gasteiger partial charge in [-0.3, -0.25) is 4.57 Å². The van der Waals surface area contributed by atoms with E-state index in [1.807, 2.05) is 56.5 Å². The number of hydrogen-bond acceptors (Lipinski definition) is 9. The molecule has 2 aliphatic heterocycles. The highest BCUT2D eigenvalue weighted by molar-refractivity contribution is 6.62. The zero-order chi connectivity index (χ0) is 25.5. The molecule has 36 heavy (non-hydrogen) atoms. The van der Waals surface area contributed by atoms with Gasteiger partial charge in [-0.2, -0.15) is 15.0 Å². The maximum absolute atomic E-state index is 6.22. The van der Waals surface area contributed by atoms with Gasteiger partial charge in [0.05, 0.1) is 31.5 Å². The van der Waals surface area contributed by atoms with E-state index in [-0.39, 0.29) is 23.0 Å². The summed E-state index contributed by atoms with van der Waals surface area (Å²) in [4.78, 5) is 13.5. The van der Waals surface area contributed by atoms with E-state index >= 15 is 0 Å². The SMILES string of the molecule is COc1nc2c(N)nc(OCC3CCOCC3)nc2n1Cc1ccc(B2OC(C)(C)C(C)(C)O2)cc1. The van der Waals surface area contributed by atoms with Crippen molar-refractivity contribution in [2.24, 2.45) is 5.92 Å². The number of hydrogen-bond donors (Lipinski definition) is 1. The molecule has 0 atom stereocenters. The molecular formula is C25H34BN5O5. The standard InChI is InChI=1S/C25H34BN5O5/c1-24(2)25(3,4)36-26(35-24)18-8-6-16(7-9-18)14-31-21-19(28-23(31)32-5)20(27)29-22(30-21)34-15-17-10-12-33-13-11-17/h6-9,17H,10-15H2,1-5H3,(H2,27,29,30). The molecule has 2 aliphatic rings. The van der Waals surface area contributed by atoms with Gasteiger partial charge in [-0.15, -0.1) is 0 Å². The first-order chi connectivity index (χ1) is 17.2. The molecule has 11 heteroatoms. The molecule has 0 spiro atoms. The van der Waals surface area contributed by atoms with Crippen LogP contribution in [-0.2, 0) is 20.6 Å². The summed E-state index contributed by atoms with van der Waals surface area (Å²) in [6.45, 7) is 10.7. The van der Waals surface area contributed by atoms with Crippen molar-refractivity contribution in [1.82, 2.24) is 19.5 Å². The van der Waals surface area contributed by atoms with Crippen LogP contribution in [0.5, 0.6) is 12.0 Å². The number of methoxy groups -OCH3 is 1. The Morgan fingerprint density at radius 1 is 1.03 bits per heavy atom. The second-order valence-corrected chi connectivity index (χ2v) is 10.4. The first-order valence-corrected chi connectivity index (χ1v) is 12.4. The average molecular weight is 495 g/mol. The lowest BCUT2D eigenvalue weighted by Gasteiger charge is -2.32. The number of aromatic nitrogens is 4. The Morgan fingerprint density at radius 3 is 2.33 bits per heavy atom. The fourth-order valence-corrected chi connectivity index (χ4v) is 4.39. The Balaban J connectivity index is 1.36. The highest BCUT2D eigenvalue weighted by Crippen LogP contribution is 2.36. The molecule has 192 valence electrons. The van der Waals surface area contributed by atoms with E-state index in [9.17, 15) is 0 Å². The number of fused-ring (bicyclic) bond motifs is 1. The molecule has 0 radical (unpaired) electrons. The van der Waals surface area contributed by atoms with Crippen LogP contribution in [0.2, 0.25) is 0 Å². The number of ether oxygens (including phenoxy) is 3. The predicted octanol–water partition coefficient (Wildman–Crippen LogP) is 2.57. The summed E-state index contributed by atoms with van der Waals surface area (Å²) >= 11 is 0. The van der Waals surface area contributed by atoms with Crippen LogP contribution >= 0.6 is 0 Å². The third kappa shape index (κ3) is 4.75. The zero-order valence-electron chi connectivity index (χ0n) is 21.6. The normalized spacial score (nSPS) is 19.6. The molecule has 4 heterocycles. The smallest absolute Gasteiger partial charge is 0.468 e. The Kier molecular flexibility index (Phi) is 6.56. The maximum Gasteiger partial charge on any atom is 0.494 e. The van der Waals surface area contributed by atoms with Crippen molar-refractivity contribution in [3.05, 3.63) is 29.8 Å². The van der Waals surface area contributed by atoms with E-state index in [0.717, 1.165) is 37.1 Å². The van der Waals surface area contributed by atoms with Gasteiger partial charge in [0.25, 0.3) is 6.01 Å². The van der Waals surface area contributed by atoms with Crippen LogP contribution < -0.4 is 20.7 Å². The first-order valence-electron chi connectivity index (χ1n) is 12.4. The van der Waals surface area contributed by atoms with Crippen molar-refractivity contribution in [3.63, 3.8) is 0 Å². The Bertz CT molecular complexity index is 1210. The van der Waals surface area contributed by atoms with E-state index in [1.165, 1.54) is 0 Å². The fraction of sp³-hybridized carbons (Fsp3) is 0.560. The van der Waals surface area contributed by atoms with Gasteiger partial charge in [-0.05, 0) is 57.5 Å². The number of imidazole rings is 1. The van der Waals surface area contributed by atoms with Crippen LogP contribution in [0.3, 0.4) is 0 Å². The number of benzene rings is 1. The minimum Gasteiger partial charge on any atom is -0.468 e. The molecule has 10 nitrogen and oxygen atoms in total. The molecule has 2 fully saturated rings. The lowest BCUT2D eigenvalue weighted by molar-refractivity contribution is 0.00578. The molecule has 3 aromatic rings. The Morgan fingerprint density at radius 2 is 1.69 bits per heavy atom. The highest BCUT2D eigenvalue weighted by atomic mass is 16.7. The summed E-state index contributed by atoms with van der Waals surface area (Å²) in [5, 5.41) is 0.